The van der Waals surface area contributed by atoms with Crippen molar-refractivity contribution in [1.29, 1.82) is 0 Å². The minimum atomic E-state index is -0.371. The van der Waals surface area contributed by atoms with Gasteiger partial charge in [0, 0.05) is 36.8 Å². The minimum absolute atomic E-state index is 0.0774. The van der Waals surface area contributed by atoms with Crippen LogP contribution in [0.25, 0.3) is 11.1 Å². The summed E-state index contributed by atoms with van der Waals surface area (Å²) in [5.74, 6) is 0.932. The highest BCUT2D eigenvalue weighted by atomic mass is 32.1. The quantitative estimate of drug-likeness (QED) is 0.372. The fraction of sp³-hybridized carbons (Fsp3) is 0.536. The molecule has 2 saturated heterocycles. The Morgan fingerprint density at radius 3 is 3.05 bits per heavy atom. The molecule has 4 aliphatic rings. The molecule has 0 radical (unpaired) electrons. The van der Waals surface area contributed by atoms with Gasteiger partial charge in [-0.3, -0.25) is 4.79 Å². The summed E-state index contributed by atoms with van der Waals surface area (Å²) in [6, 6.07) is 2.50. The lowest BCUT2D eigenvalue weighted by molar-refractivity contribution is -0.134. The van der Waals surface area contributed by atoms with Gasteiger partial charge in [-0.05, 0) is 64.0 Å². The predicted molar refractivity (Wildman–Crippen MR) is 154 cm³/mol. The maximum Gasteiger partial charge on any atom is 0.331 e. The Bertz CT molecular complexity index is 1530. The van der Waals surface area contributed by atoms with E-state index in [4.69, 9.17) is 15.2 Å². The lowest BCUT2D eigenvalue weighted by atomic mass is 9.84. The number of esters is 1. The van der Waals surface area contributed by atoms with Gasteiger partial charge in [-0.15, -0.1) is 11.3 Å². The number of ether oxygens (including phenoxy) is 2. The Kier molecular flexibility index (Phi) is 6.78. The van der Waals surface area contributed by atoms with Crippen molar-refractivity contribution in [2.75, 3.05) is 36.9 Å². The number of piperidine rings is 1. The van der Waals surface area contributed by atoms with E-state index in [-0.39, 0.29) is 30.6 Å². The van der Waals surface area contributed by atoms with E-state index in [0.29, 0.717) is 40.6 Å². The summed E-state index contributed by atoms with van der Waals surface area (Å²) in [6.45, 7) is 4.57. The van der Waals surface area contributed by atoms with Crippen molar-refractivity contribution in [1.82, 2.24) is 30.2 Å². The van der Waals surface area contributed by atoms with Crippen LogP contribution in [0.5, 0.6) is 5.88 Å². The van der Waals surface area contributed by atoms with E-state index >= 15 is 0 Å². The van der Waals surface area contributed by atoms with E-state index in [2.05, 4.69) is 30.6 Å². The SMILES string of the molecule is Cc1nc(OC2CCC3NCCC3C2)c(C(=O)N[C@@H]2CCCN(c3cc(C4=CC(=O)OC4)n4ncnc(N)c34)C2)s1. The highest BCUT2D eigenvalue weighted by molar-refractivity contribution is 7.13. The number of nitrogens with two attached hydrogens (primary N) is 1. The van der Waals surface area contributed by atoms with E-state index in [1.165, 1.54) is 30.2 Å². The number of aromatic nitrogens is 4. The molecule has 0 aromatic carbocycles. The standard InChI is InChI=1S/C28H34N8O4S/c1-15-33-28(40-19-4-5-20-16(9-19)6-7-30-20)25(41-15)27(38)34-18-3-2-8-35(12-18)22-11-21(17-10-23(37)39-13-17)36-24(22)26(29)31-14-32-36/h10-11,14,16,18-20,30H,2-9,12-13H2,1H3,(H,34,38)(H2,29,31,32)/t16?,18-,19?,20?/m1/s1. The molecule has 216 valence electrons. The fourth-order valence-corrected chi connectivity index (χ4v) is 7.52. The molecule has 7 rings (SSSR count). The molecular formula is C28H34N8O4S. The van der Waals surface area contributed by atoms with Crippen LogP contribution < -0.4 is 26.0 Å². The highest BCUT2D eigenvalue weighted by Crippen LogP contribution is 2.36. The van der Waals surface area contributed by atoms with E-state index in [9.17, 15) is 9.59 Å². The number of hydrogen-bond acceptors (Lipinski definition) is 11. The van der Waals surface area contributed by atoms with Gasteiger partial charge in [-0.1, -0.05) is 0 Å². The van der Waals surface area contributed by atoms with Crippen LogP contribution in [0.2, 0.25) is 0 Å². The second kappa shape index (κ2) is 10.6. The van der Waals surface area contributed by atoms with Crippen LogP contribution >= 0.6 is 11.3 Å². The van der Waals surface area contributed by atoms with Crippen LogP contribution in [0, 0.1) is 12.8 Å². The fourth-order valence-electron chi connectivity index (χ4n) is 6.76. The molecule has 0 spiro atoms. The van der Waals surface area contributed by atoms with Crippen molar-refractivity contribution < 1.29 is 19.1 Å². The molecule has 6 heterocycles. The summed E-state index contributed by atoms with van der Waals surface area (Å²) in [7, 11) is 0. The van der Waals surface area contributed by atoms with Crippen molar-refractivity contribution in [2.45, 2.75) is 63.6 Å². The normalized spacial score (nSPS) is 26.1. The third-order valence-electron chi connectivity index (χ3n) is 8.69. The van der Waals surface area contributed by atoms with Gasteiger partial charge in [0.15, 0.2) is 10.7 Å². The van der Waals surface area contributed by atoms with Crippen molar-refractivity contribution in [3.05, 3.63) is 34.0 Å². The highest BCUT2D eigenvalue weighted by Gasteiger charge is 2.36. The van der Waals surface area contributed by atoms with Gasteiger partial charge < -0.3 is 30.7 Å². The number of rotatable bonds is 6. The van der Waals surface area contributed by atoms with Gasteiger partial charge in [-0.2, -0.15) is 5.10 Å². The van der Waals surface area contributed by atoms with Gasteiger partial charge in [0.2, 0.25) is 5.88 Å². The molecule has 3 aliphatic heterocycles. The van der Waals surface area contributed by atoms with Gasteiger partial charge in [-0.25, -0.2) is 19.3 Å². The molecule has 3 aromatic heterocycles. The molecule has 1 amide bonds. The summed E-state index contributed by atoms with van der Waals surface area (Å²) < 4.78 is 13.2. The van der Waals surface area contributed by atoms with Crippen LogP contribution in [-0.4, -0.2) is 75.9 Å². The first kappa shape index (κ1) is 26.2. The number of nitrogen functional groups attached to an aromatic ring is 1. The van der Waals surface area contributed by atoms with Crippen molar-refractivity contribution in [3.63, 3.8) is 0 Å². The third-order valence-corrected chi connectivity index (χ3v) is 9.65. The Labute approximate surface area is 241 Å². The summed E-state index contributed by atoms with van der Waals surface area (Å²) >= 11 is 1.38. The maximum absolute atomic E-state index is 13.5. The lowest BCUT2D eigenvalue weighted by Crippen LogP contribution is -2.47. The first-order valence-electron chi connectivity index (χ1n) is 14.4. The van der Waals surface area contributed by atoms with E-state index in [0.717, 1.165) is 67.2 Å². The third kappa shape index (κ3) is 5.01. The van der Waals surface area contributed by atoms with Crippen LogP contribution in [0.4, 0.5) is 11.5 Å². The van der Waals surface area contributed by atoms with Crippen LogP contribution in [0.3, 0.4) is 0 Å². The number of carbonyl (C=O) groups excluding carboxylic acids is 2. The Hall–Kier alpha value is -3.71. The maximum atomic E-state index is 13.5. The first-order valence-corrected chi connectivity index (χ1v) is 15.2. The van der Waals surface area contributed by atoms with E-state index < -0.39 is 0 Å². The number of carbonyl (C=O) groups is 2. The number of aryl methyl sites for hydroxylation is 1. The number of anilines is 2. The number of thiazole rings is 1. The van der Waals surface area contributed by atoms with Gasteiger partial charge in [0.25, 0.3) is 5.91 Å². The zero-order valence-corrected chi connectivity index (χ0v) is 23.8. The summed E-state index contributed by atoms with van der Waals surface area (Å²) in [5, 5.41) is 12.1. The van der Waals surface area contributed by atoms with Crippen LogP contribution in [-0.2, 0) is 9.53 Å². The summed E-state index contributed by atoms with van der Waals surface area (Å²) in [4.78, 5) is 36.8. The molecule has 1 aliphatic carbocycles. The number of cyclic esters (lactones) is 1. The van der Waals surface area contributed by atoms with Crippen LogP contribution in [0.1, 0.15) is 58.9 Å². The van der Waals surface area contributed by atoms with Crippen molar-refractivity contribution >= 4 is 45.8 Å². The van der Waals surface area contributed by atoms with Crippen LogP contribution in [0.15, 0.2) is 18.5 Å². The smallest absolute Gasteiger partial charge is 0.331 e. The molecule has 1 saturated carbocycles. The molecule has 4 N–H and O–H groups in total. The molecule has 3 unspecified atom stereocenters. The van der Waals surface area contributed by atoms with Gasteiger partial charge in [0.1, 0.15) is 24.6 Å². The van der Waals surface area contributed by atoms with E-state index in [1.54, 1.807) is 4.52 Å². The largest absolute Gasteiger partial charge is 0.473 e. The second-order valence-corrected chi connectivity index (χ2v) is 12.6. The molecule has 0 bridgehead atoms. The number of nitrogens with one attached hydrogen (secondary N) is 2. The number of amides is 1. The second-order valence-electron chi connectivity index (χ2n) is 11.4. The zero-order valence-electron chi connectivity index (χ0n) is 23.0. The number of nitrogens with zero attached hydrogens (tertiary/aromatic N) is 5. The molecule has 41 heavy (non-hydrogen) atoms. The molecular weight excluding hydrogens is 544 g/mol. The molecule has 4 atom stereocenters. The number of hydrogen-bond donors (Lipinski definition) is 3. The average Bonchev–Trinajstić information content (AvgIpc) is 3.75. The Balaban J connectivity index is 1.08. The Morgan fingerprint density at radius 2 is 2.20 bits per heavy atom. The molecule has 13 heteroatoms. The molecule has 3 fully saturated rings. The Morgan fingerprint density at radius 1 is 1.29 bits per heavy atom. The topological polar surface area (TPSA) is 149 Å². The van der Waals surface area contributed by atoms with Gasteiger partial charge in [0.05, 0.1) is 16.4 Å². The van der Waals surface area contributed by atoms with Crippen molar-refractivity contribution in [2.24, 2.45) is 5.92 Å². The lowest BCUT2D eigenvalue weighted by Gasteiger charge is -2.34. The summed E-state index contributed by atoms with van der Waals surface area (Å²) in [6.07, 6.45) is 8.99. The van der Waals surface area contributed by atoms with Crippen molar-refractivity contribution in [3.8, 4) is 5.88 Å². The average molecular weight is 579 g/mol. The summed E-state index contributed by atoms with van der Waals surface area (Å²) in [5.41, 5.74) is 9.33. The van der Waals surface area contributed by atoms with Gasteiger partial charge >= 0.3 is 5.97 Å². The molecule has 12 nitrogen and oxygen atoms in total. The monoisotopic (exact) mass is 578 g/mol. The number of fused-ring (bicyclic) bond motifs is 2. The van der Waals surface area contributed by atoms with E-state index in [1.807, 2.05) is 13.0 Å². The minimum Gasteiger partial charge on any atom is -0.473 e. The molecule has 3 aromatic rings. The first-order chi connectivity index (χ1) is 19.9. The predicted octanol–water partition coefficient (Wildman–Crippen LogP) is 2.32. The zero-order chi connectivity index (χ0) is 28.1.